The minimum absolute atomic E-state index is 0.231. The van der Waals surface area contributed by atoms with Crippen molar-refractivity contribution >= 4 is 16.1 Å². The lowest BCUT2D eigenvalue weighted by Crippen LogP contribution is -2.53. The first-order valence-corrected chi connectivity index (χ1v) is 8.10. The van der Waals surface area contributed by atoms with Gasteiger partial charge in [-0.3, -0.25) is 0 Å². The van der Waals surface area contributed by atoms with Crippen molar-refractivity contribution in [3.63, 3.8) is 0 Å². The molecule has 0 aromatic carbocycles. The van der Waals surface area contributed by atoms with Crippen LogP contribution in [-0.2, 0) is 10.0 Å². The lowest BCUT2D eigenvalue weighted by Gasteiger charge is -2.25. The Bertz CT molecular complexity index is 386. The molecule has 18 heavy (non-hydrogen) atoms. The van der Waals surface area contributed by atoms with Gasteiger partial charge in [-0.2, -0.15) is 0 Å². The molecule has 0 spiro atoms. The molecule has 1 saturated carbocycles. The van der Waals surface area contributed by atoms with Crippen LogP contribution in [0, 0.1) is 0 Å². The first-order chi connectivity index (χ1) is 8.18. The Labute approximate surface area is 109 Å². The molecule has 0 aromatic heterocycles. The summed E-state index contributed by atoms with van der Waals surface area (Å²) < 4.78 is 24.7. The average Bonchev–Trinajstić information content (AvgIpc) is 2.64. The molecule has 0 aromatic rings. The number of carbonyl (C=O) groups excluding carboxylic acids is 1. The molecular formula is C11H23N3O3S. The lowest BCUT2D eigenvalue weighted by molar-refractivity contribution is 0.234. The fourth-order valence-corrected chi connectivity index (χ4v) is 3.22. The Balaban J connectivity index is 2.32. The van der Waals surface area contributed by atoms with E-state index < -0.39 is 15.6 Å². The summed E-state index contributed by atoms with van der Waals surface area (Å²) >= 11 is 0. The minimum atomic E-state index is -3.27. The molecule has 0 aliphatic heterocycles. The predicted molar refractivity (Wildman–Crippen MR) is 70.8 cm³/mol. The Kier molecular flexibility index (Phi) is 4.98. The molecule has 6 nitrogen and oxygen atoms in total. The number of nitrogens with one attached hydrogen (secondary N) is 3. The number of sulfonamides is 1. The third kappa shape index (κ3) is 6.20. The molecule has 0 atom stereocenters. The van der Waals surface area contributed by atoms with Crippen LogP contribution in [0.2, 0.25) is 0 Å². The summed E-state index contributed by atoms with van der Waals surface area (Å²) in [6.45, 7) is 3.70. The Morgan fingerprint density at radius 1 is 1.28 bits per heavy atom. The molecule has 1 rings (SSSR count). The van der Waals surface area contributed by atoms with Crippen LogP contribution >= 0.6 is 0 Å². The number of urea groups is 1. The first kappa shape index (κ1) is 15.2. The second-order valence-electron chi connectivity index (χ2n) is 5.57. The molecule has 1 fully saturated rings. The highest BCUT2D eigenvalue weighted by Crippen LogP contribution is 2.17. The summed E-state index contributed by atoms with van der Waals surface area (Å²) in [7, 11) is -3.27. The number of carbonyl (C=O) groups is 1. The zero-order chi connectivity index (χ0) is 13.8. The number of hydrogen-bond donors (Lipinski definition) is 3. The van der Waals surface area contributed by atoms with Gasteiger partial charge in [-0.1, -0.05) is 12.8 Å². The number of hydrogen-bond acceptors (Lipinski definition) is 3. The van der Waals surface area contributed by atoms with Crippen molar-refractivity contribution in [2.24, 2.45) is 0 Å². The van der Waals surface area contributed by atoms with Gasteiger partial charge in [-0.05, 0) is 26.7 Å². The van der Waals surface area contributed by atoms with E-state index in [1.54, 1.807) is 13.8 Å². The second kappa shape index (κ2) is 5.88. The van der Waals surface area contributed by atoms with Crippen LogP contribution in [0.4, 0.5) is 4.79 Å². The second-order valence-corrected chi connectivity index (χ2v) is 7.31. The maximum absolute atomic E-state index is 11.6. The van der Waals surface area contributed by atoms with Gasteiger partial charge in [-0.25, -0.2) is 17.9 Å². The predicted octanol–water partition coefficient (Wildman–Crippen LogP) is 0.556. The van der Waals surface area contributed by atoms with E-state index in [2.05, 4.69) is 15.4 Å². The van der Waals surface area contributed by atoms with Gasteiger partial charge < -0.3 is 10.6 Å². The van der Waals surface area contributed by atoms with Gasteiger partial charge in [0.2, 0.25) is 10.0 Å². The SMILES string of the molecule is CC(C)(CNC(=O)NC1CCCC1)NS(C)(=O)=O. The molecule has 3 N–H and O–H groups in total. The van der Waals surface area contributed by atoms with E-state index in [0.29, 0.717) is 0 Å². The summed E-state index contributed by atoms with van der Waals surface area (Å²) in [5, 5.41) is 5.58. The molecule has 0 radical (unpaired) electrons. The Morgan fingerprint density at radius 3 is 2.33 bits per heavy atom. The standard InChI is InChI=1S/C11H23N3O3S/c1-11(2,14-18(3,16)17)8-12-10(15)13-9-6-4-5-7-9/h9,14H,4-8H2,1-3H3,(H2,12,13,15). The van der Waals surface area contributed by atoms with E-state index in [0.717, 1.165) is 31.9 Å². The average molecular weight is 277 g/mol. The monoisotopic (exact) mass is 277 g/mol. The number of amides is 2. The summed E-state index contributed by atoms with van der Waals surface area (Å²) in [5.41, 5.74) is -0.694. The van der Waals surface area contributed by atoms with Crippen LogP contribution in [0.25, 0.3) is 0 Å². The summed E-state index contributed by atoms with van der Waals surface area (Å²) in [6.07, 6.45) is 5.47. The van der Waals surface area contributed by atoms with Crippen LogP contribution in [0.5, 0.6) is 0 Å². The van der Waals surface area contributed by atoms with E-state index in [1.807, 2.05) is 0 Å². The van der Waals surface area contributed by atoms with E-state index in [9.17, 15) is 13.2 Å². The van der Waals surface area contributed by atoms with Gasteiger partial charge in [0.05, 0.1) is 6.26 Å². The van der Waals surface area contributed by atoms with Gasteiger partial charge in [0.15, 0.2) is 0 Å². The molecule has 0 unspecified atom stereocenters. The molecule has 106 valence electrons. The van der Waals surface area contributed by atoms with Crippen molar-refractivity contribution in [2.75, 3.05) is 12.8 Å². The van der Waals surface area contributed by atoms with E-state index in [-0.39, 0.29) is 18.6 Å². The fourth-order valence-electron chi connectivity index (χ4n) is 2.15. The van der Waals surface area contributed by atoms with Crippen LogP contribution in [0.3, 0.4) is 0 Å². The highest BCUT2D eigenvalue weighted by Gasteiger charge is 2.23. The third-order valence-corrected chi connectivity index (χ3v) is 3.77. The molecule has 0 bridgehead atoms. The van der Waals surface area contributed by atoms with Crippen molar-refractivity contribution in [2.45, 2.75) is 51.1 Å². The van der Waals surface area contributed by atoms with Gasteiger partial charge in [-0.15, -0.1) is 0 Å². The van der Waals surface area contributed by atoms with Gasteiger partial charge in [0.1, 0.15) is 0 Å². The maximum Gasteiger partial charge on any atom is 0.315 e. The molecule has 2 amide bonds. The lowest BCUT2D eigenvalue weighted by atomic mass is 10.1. The van der Waals surface area contributed by atoms with Crippen molar-refractivity contribution in [3.05, 3.63) is 0 Å². The minimum Gasteiger partial charge on any atom is -0.336 e. The van der Waals surface area contributed by atoms with E-state index in [1.165, 1.54) is 0 Å². The van der Waals surface area contributed by atoms with Crippen LogP contribution in [-0.4, -0.2) is 38.8 Å². The zero-order valence-corrected chi connectivity index (χ0v) is 12.1. The topological polar surface area (TPSA) is 87.3 Å². The summed E-state index contributed by atoms with van der Waals surface area (Å²) in [6, 6.07) is 0.0289. The highest BCUT2D eigenvalue weighted by molar-refractivity contribution is 7.88. The maximum atomic E-state index is 11.6. The highest BCUT2D eigenvalue weighted by atomic mass is 32.2. The zero-order valence-electron chi connectivity index (χ0n) is 11.2. The van der Waals surface area contributed by atoms with Crippen molar-refractivity contribution < 1.29 is 13.2 Å². The van der Waals surface area contributed by atoms with Gasteiger partial charge >= 0.3 is 6.03 Å². The third-order valence-electron chi connectivity index (χ3n) is 2.84. The smallest absolute Gasteiger partial charge is 0.315 e. The van der Waals surface area contributed by atoms with E-state index >= 15 is 0 Å². The van der Waals surface area contributed by atoms with Crippen molar-refractivity contribution in [1.82, 2.24) is 15.4 Å². The molecule has 0 saturated heterocycles. The molecule has 7 heteroatoms. The molecule has 1 aliphatic rings. The Morgan fingerprint density at radius 2 is 1.83 bits per heavy atom. The summed E-state index contributed by atoms with van der Waals surface area (Å²) in [5.74, 6) is 0. The normalized spacial score (nSPS) is 17.7. The molecule has 0 heterocycles. The number of rotatable bonds is 5. The van der Waals surface area contributed by atoms with Crippen LogP contribution in [0.1, 0.15) is 39.5 Å². The first-order valence-electron chi connectivity index (χ1n) is 6.21. The molecular weight excluding hydrogens is 254 g/mol. The van der Waals surface area contributed by atoms with Crippen molar-refractivity contribution in [3.8, 4) is 0 Å². The van der Waals surface area contributed by atoms with E-state index in [4.69, 9.17) is 0 Å². The van der Waals surface area contributed by atoms with Crippen molar-refractivity contribution in [1.29, 1.82) is 0 Å². The van der Waals surface area contributed by atoms with Crippen LogP contribution in [0.15, 0.2) is 0 Å². The molecule has 1 aliphatic carbocycles. The Hall–Kier alpha value is -0.820. The summed E-state index contributed by atoms with van der Waals surface area (Å²) in [4.78, 5) is 11.6. The van der Waals surface area contributed by atoms with Gasteiger partial charge in [0, 0.05) is 18.1 Å². The fraction of sp³-hybridized carbons (Fsp3) is 0.909. The van der Waals surface area contributed by atoms with Crippen LogP contribution < -0.4 is 15.4 Å². The quantitative estimate of drug-likeness (QED) is 0.686. The van der Waals surface area contributed by atoms with Gasteiger partial charge in [0.25, 0.3) is 0 Å². The largest absolute Gasteiger partial charge is 0.336 e.